The Morgan fingerprint density at radius 3 is 2.84 bits per heavy atom. The normalized spacial score (nSPS) is 11.9. The van der Waals surface area contributed by atoms with Gasteiger partial charge in [-0.3, -0.25) is 4.79 Å². The van der Waals surface area contributed by atoms with Gasteiger partial charge in [0.1, 0.15) is 33.4 Å². The summed E-state index contributed by atoms with van der Waals surface area (Å²) in [6, 6.07) is 3.85. The van der Waals surface area contributed by atoms with Gasteiger partial charge in [0.05, 0.1) is 11.1 Å². The quantitative estimate of drug-likeness (QED) is 0.367. The summed E-state index contributed by atoms with van der Waals surface area (Å²) >= 11 is 1.04. The maximum Gasteiger partial charge on any atom is 0.346 e. The fraction of sp³-hybridized carbons (Fsp3) is 0.300. The van der Waals surface area contributed by atoms with E-state index in [0.29, 0.717) is 46.8 Å². The van der Waals surface area contributed by atoms with Crippen LogP contribution in [-0.4, -0.2) is 46.1 Å². The summed E-state index contributed by atoms with van der Waals surface area (Å²) < 4.78 is 19.6. The smallest absolute Gasteiger partial charge is 0.346 e. The van der Waals surface area contributed by atoms with Gasteiger partial charge in [0, 0.05) is 12.6 Å². The van der Waals surface area contributed by atoms with E-state index in [0.717, 1.165) is 17.4 Å². The Bertz CT molecular complexity index is 1120. The number of carbonyl (C=O) groups excluding carboxylic acids is 1. The molecule has 0 saturated heterocycles. The van der Waals surface area contributed by atoms with Crippen molar-refractivity contribution < 1.29 is 23.8 Å². The van der Waals surface area contributed by atoms with Crippen LogP contribution in [0.15, 0.2) is 24.5 Å². The molecule has 1 atom stereocenters. The molecule has 3 aromatic rings. The standard InChI is InChI=1S/C20H22FN5O4S/c1-10-15-17(24-9-25-19(15)31-16(10)20(28)29)26-13-5-4-12(21)8-14(13)30-11(2)18(27)23-7-3-6-22/h4-5,8-9,11H,3,6-7,22H2,1-2H3,(H,23,27)(H,28,29)(H,24,25,26). The maximum absolute atomic E-state index is 13.9. The first-order chi connectivity index (χ1) is 14.8. The minimum Gasteiger partial charge on any atom is -0.479 e. The van der Waals surface area contributed by atoms with Gasteiger partial charge in [0.25, 0.3) is 5.91 Å². The van der Waals surface area contributed by atoms with Crippen LogP contribution in [0, 0.1) is 12.7 Å². The minimum absolute atomic E-state index is 0.111. The molecular formula is C20H22FN5O4S. The number of aromatic carboxylic acids is 1. The number of nitrogens with two attached hydrogens (primary N) is 1. The average molecular weight is 447 g/mol. The second kappa shape index (κ2) is 9.67. The van der Waals surface area contributed by atoms with Crippen LogP contribution in [0.1, 0.15) is 28.6 Å². The summed E-state index contributed by atoms with van der Waals surface area (Å²) in [6.07, 6.45) is 1.06. The predicted molar refractivity (Wildman–Crippen MR) is 116 cm³/mol. The van der Waals surface area contributed by atoms with E-state index >= 15 is 0 Å². The summed E-state index contributed by atoms with van der Waals surface area (Å²) in [5.74, 6) is -1.48. The number of ether oxygens (including phenoxy) is 1. The molecule has 0 spiro atoms. The monoisotopic (exact) mass is 447 g/mol. The second-order valence-electron chi connectivity index (χ2n) is 6.72. The highest BCUT2D eigenvalue weighted by Gasteiger charge is 2.21. The number of nitrogens with zero attached hydrogens (tertiary/aromatic N) is 2. The lowest BCUT2D eigenvalue weighted by Gasteiger charge is -2.18. The van der Waals surface area contributed by atoms with Gasteiger partial charge >= 0.3 is 5.97 Å². The molecule has 1 aromatic carbocycles. The number of hydrogen-bond acceptors (Lipinski definition) is 8. The minimum atomic E-state index is -1.05. The number of nitrogens with one attached hydrogen (secondary N) is 2. The highest BCUT2D eigenvalue weighted by molar-refractivity contribution is 7.20. The van der Waals surface area contributed by atoms with Gasteiger partial charge in [0.2, 0.25) is 0 Å². The number of rotatable bonds is 9. The van der Waals surface area contributed by atoms with E-state index in [9.17, 15) is 19.1 Å². The highest BCUT2D eigenvalue weighted by atomic mass is 32.1. The van der Waals surface area contributed by atoms with E-state index in [1.807, 2.05) is 0 Å². The zero-order valence-electron chi connectivity index (χ0n) is 16.9. The van der Waals surface area contributed by atoms with E-state index in [1.54, 1.807) is 13.8 Å². The first-order valence-electron chi connectivity index (χ1n) is 9.50. The van der Waals surface area contributed by atoms with Gasteiger partial charge in [-0.1, -0.05) is 0 Å². The third kappa shape index (κ3) is 5.06. The summed E-state index contributed by atoms with van der Waals surface area (Å²) in [4.78, 5) is 32.7. The number of thiophene rings is 1. The highest BCUT2D eigenvalue weighted by Crippen LogP contribution is 2.36. The SMILES string of the molecule is Cc1c(C(=O)O)sc2ncnc(Nc3ccc(F)cc3OC(C)C(=O)NCCCN)c12. The van der Waals surface area contributed by atoms with Crippen LogP contribution in [0.4, 0.5) is 15.9 Å². The molecule has 9 nitrogen and oxygen atoms in total. The van der Waals surface area contributed by atoms with Crippen LogP contribution < -0.4 is 21.1 Å². The number of carboxylic acid groups (broad SMARTS) is 1. The lowest BCUT2D eigenvalue weighted by atomic mass is 10.2. The third-order valence-corrected chi connectivity index (χ3v) is 5.66. The molecule has 0 bridgehead atoms. The van der Waals surface area contributed by atoms with E-state index in [4.69, 9.17) is 10.5 Å². The molecule has 0 aliphatic rings. The number of amides is 1. The molecule has 31 heavy (non-hydrogen) atoms. The molecule has 0 saturated carbocycles. The van der Waals surface area contributed by atoms with Crippen LogP contribution >= 0.6 is 11.3 Å². The molecule has 2 aromatic heterocycles. The molecule has 1 unspecified atom stereocenters. The van der Waals surface area contributed by atoms with Gasteiger partial charge in [-0.25, -0.2) is 19.2 Å². The summed E-state index contributed by atoms with van der Waals surface area (Å²) in [5.41, 5.74) is 6.30. The largest absolute Gasteiger partial charge is 0.479 e. The number of carboxylic acids is 1. The number of anilines is 2. The number of aryl methyl sites for hydroxylation is 1. The van der Waals surface area contributed by atoms with Crippen LogP contribution in [-0.2, 0) is 4.79 Å². The molecule has 164 valence electrons. The van der Waals surface area contributed by atoms with Gasteiger partial charge < -0.3 is 26.2 Å². The van der Waals surface area contributed by atoms with Crippen LogP contribution in [0.5, 0.6) is 5.75 Å². The number of benzene rings is 1. The number of aromatic nitrogens is 2. The van der Waals surface area contributed by atoms with E-state index in [1.165, 1.54) is 18.5 Å². The van der Waals surface area contributed by atoms with Crippen molar-refractivity contribution in [3.8, 4) is 5.75 Å². The fourth-order valence-corrected chi connectivity index (χ4v) is 3.88. The summed E-state index contributed by atoms with van der Waals surface area (Å²) in [6.45, 7) is 4.09. The van der Waals surface area contributed by atoms with Crippen molar-refractivity contribution in [2.45, 2.75) is 26.4 Å². The van der Waals surface area contributed by atoms with Crippen LogP contribution in [0.25, 0.3) is 10.2 Å². The molecule has 3 rings (SSSR count). The third-order valence-electron chi connectivity index (χ3n) is 4.47. The van der Waals surface area contributed by atoms with Crippen molar-refractivity contribution >= 4 is 44.9 Å². The van der Waals surface area contributed by atoms with E-state index in [2.05, 4.69) is 20.6 Å². The molecule has 11 heteroatoms. The maximum atomic E-state index is 13.9. The lowest BCUT2D eigenvalue weighted by molar-refractivity contribution is -0.127. The van der Waals surface area contributed by atoms with E-state index < -0.39 is 17.9 Å². The van der Waals surface area contributed by atoms with Crippen LogP contribution in [0.2, 0.25) is 0 Å². The molecular weight excluding hydrogens is 425 g/mol. The molecule has 0 fully saturated rings. The molecule has 0 radical (unpaired) electrons. The van der Waals surface area contributed by atoms with Crippen molar-refractivity contribution in [3.63, 3.8) is 0 Å². The Kier molecular flexibility index (Phi) is 6.98. The topological polar surface area (TPSA) is 139 Å². The predicted octanol–water partition coefficient (Wildman–Crippen LogP) is 2.81. The number of carbonyl (C=O) groups is 2. The first-order valence-corrected chi connectivity index (χ1v) is 10.3. The molecule has 1 amide bonds. The van der Waals surface area contributed by atoms with E-state index in [-0.39, 0.29) is 16.5 Å². The Morgan fingerprint density at radius 2 is 2.13 bits per heavy atom. The number of hydrogen-bond donors (Lipinski definition) is 4. The average Bonchev–Trinajstić information content (AvgIpc) is 3.08. The Morgan fingerprint density at radius 1 is 1.35 bits per heavy atom. The Hall–Kier alpha value is -3.31. The Balaban J connectivity index is 1.89. The van der Waals surface area contributed by atoms with Gasteiger partial charge in [-0.05, 0) is 44.5 Å². The Labute approximate surface area is 181 Å². The van der Waals surface area contributed by atoms with Crippen molar-refractivity contribution in [2.24, 2.45) is 5.73 Å². The summed E-state index contributed by atoms with van der Waals surface area (Å²) in [5, 5.41) is 15.7. The van der Waals surface area contributed by atoms with Crippen LogP contribution in [0.3, 0.4) is 0 Å². The lowest BCUT2D eigenvalue weighted by Crippen LogP contribution is -2.37. The molecule has 0 aliphatic heterocycles. The van der Waals surface area contributed by atoms with Crippen molar-refractivity contribution in [1.29, 1.82) is 0 Å². The van der Waals surface area contributed by atoms with Crippen molar-refractivity contribution in [2.75, 3.05) is 18.4 Å². The molecule has 2 heterocycles. The first kappa shape index (κ1) is 22.4. The zero-order chi connectivity index (χ0) is 22.5. The van der Waals surface area contributed by atoms with Gasteiger partial charge in [-0.2, -0.15) is 0 Å². The molecule has 0 aliphatic carbocycles. The van der Waals surface area contributed by atoms with Crippen molar-refractivity contribution in [3.05, 3.63) is 40.8 Å². The number of halogens is 1. The van der Waals surface area contributed by atoms with Gasteiger partial charge in [0.15, 0.2) is 6.10 Å². The van der Waals surface area contributed by atoms with Crippen molar-refractivity contribution in [1.82, 2.24) is 15.3 Å². The molecule has 5 N–H and O–H groups in total. The second-order valence-corrected chi connectivity index (χ2v) is 7.72. The zero-order valence-corrected chi connectivity index (χ0v) is 17.8. The fourth-order valence-electron chi connectivity index (χ4n) is 2.90. The summed E-state index contributed by atoms with van der Waals surface area (Å²) in [7, 11) is 0. The number of fused-ring (bicyclic) bond motifs is 1. The van der Waals surface area contributed by atoms with Gasteiger partial charge in [-0.15, -0.1) is 11.3 Å².